The van der Waals surface area contributed by atoms with Crippen LogP contribution in [0.3, 0.4) is 0 Å². The van der Waals surface area contributed by atoms with E-state index in [0.717, 1.165) is 11.8 Å². The van der Waals surface area contributed by atoms with Crippen molar-refractivity contribution in [3.8, 4) is 0 Å². The van der Waals surface area contributed by atoms with Crippen LogP contribution in [-0.2, 0) is 59.2 Å². The molecule has 0 aliphatic carbocycles. The molecule has 1 aromatic rings. The molecule has 1 saturated heterocycles. The van der Waals surface area contributed by atoms with Gasteiger partial charge in [-0.3, -0.25) is 52.9 Å². The third-order valence-electron chi connectivity index (χ3n) is 13.0. The number of amides is 10. The molecule has 1 aromatic carbocycles. The fourth-order valence-corrected chi connectivity index (χ4v) is 8.04. The molecule has 29 nitrogen and oxygen atoms in total. The summed E-state index contributed by atoms with van der Waals surface area (Å²) >= 11 is 0. The van der Waals surface area contributed by atoms with Gasteiger partial charge in [0, 0.05) is 19.5 Å². The number of guanidine groups is 1. The molecular formula is C49H80N14O15. The molecule has 0 unspecified atom stereocenters. The number of aliphatic hydroxyl groups is 3. The molecule has 1 aliphatic rings. The van der Waals surface area contributed by atoms with Crippen molar-refractivity contribution in [3.63, 3.8) is 0 Å². The van der Waals surface area contributed by atoms with Gasteiger partial charge in [0.05, 0.1) is 31.8 Å². The molecule has 0 radical (unpaired) electrons. The lowest BCUT2D eigenvalue weighted by Gasteiger charge is -2.31. The molecule has 0 aromatic heterocycles. The van der Waals surface area contributed by atoms with Gasteiger partial charge < -0.3 is 90.8 Å². The van der Waals surface area contributed by atoms with Crippen molar-refractivity contribution in [1.29, 1.82) is 0 Å². The highest BCUT2D eigenvalue weighted by molar-refractivity contribution is 5.99. The Morgan fingerprint density at radius 1 is 0.641 bits per heavy atom. The number of aliphatic hydroxyl groups excluding tert-OH is 3. The maximum atomic E-state index is 14.7. The number of nitrogens with zero attached hydrogens (tertiary/aromatic N) is 2. The Balaban J connectivity index is 2.42. The Morgan fingerprint density at radius 3 is 1.65 bits per heavy atom. The van der Waals surface area contributed by atoms with Crippen molar-refractivity contribution in [2.24, 2.45) is 39.8 Å². The van der Waals surface area contributed by atoms with Crippen LogP contribution >= 0.6 is 0 Å². The van der Waals surface area contributed by atoms with Crippen LogP contribution in [-0.4, -0.2) is 189 Å². The number of hydrogen-bond donors (Lipinski definition) is 16. The van der Waals surface area contributed by atoms with E-state index in [4.69, 9.17) is 22.9 Å². The van der Waals surface area contributed by atoms with Gasteiger partial charge in [0.15, 0.2) is 5.96 Å². The lowest BCUT2D eigenvalue weighted by molar-refractivity contribution is -0.144. The van der Waals surface area contributed by atoms with Crippen molar-refractivity contribution < 1.29 is 73.2 Å². The average molecular weight is 1110 g/mol. The first-order valence-corrected chi connectivity index (χ1v) is 25.7. The number of aliphatic imine (C=N–C) groups is 1. The summed E-state index contributed by atoms with van der Waals surface area (Å²) in [6.07, 6.45) is -1.54. The van der Waals surface area contributed by atoms with Crippen LogP contribution < -0.4 is 65.5 Å². The van der Waals surface area contributed by atoms with E-state index in [2.05, 4.69) is 47.5 Å². The monoisotopic (exact) mass is 1100 g/mol. The standard InChI is InChI=1S/C49H80N14O15/c1-7-24(3)36(45(74)61-37(48(77)78)25(4)8-2)60-43(72)33(23-65)59-46(75)38(27(6)66)62-44(73)34-17-13-19-63(34)47(76)31(20-28-14-10-9-11-15-28)57-40(69)29(16-12-18-54-49(52)53)55-42(71)32(22-64)58-41(70)30(21-35(51)67)56-39(68)26(5)50/h9-11,14-15,24-27,29-34,36-38,64-66H,7-8,12-13,16-23,50H2,1-6H3,(H2,51,67)(H,55,71)(H,56,68)(H,57,69)(H,58,70)(H,59,75)(H,60,72)(H,61,74)(H,62,73)(H,77,78)(H4,52,53,54)/t24-,25-,26-,27+,29-,30-,31-,32-,33-,34-,36-,37-,38-/m0/s1. The molecule has 1 heterocycles. The number of carbonyl (C=O) groups excluding carboxylic acids is 10. The van der Waals surface area contributed by atoms with E-state index in [0.29, 0.717) is 18.4 Å². The number of benzene rings is 1. The number of likely N-dealkylation sites (tertiary alicyclic amines) is 1. The smallest absolute Gasteiger partial charge is 0.326 e. The SMILES string of the molecule is CC[C@H](C)[C@H](NC(=O)[C@@H](NC(=O)[C@H](CO)NC(=O)[C@@H](NC(=O)[C@@H]1CCCN1C(=O)[C@H](Cc1ccccc1)NC(=O)[C@H](CCCN=C(N)N)NC(=O)[C@H](CO)NC(=O)[C@H](CC(N)=O)NC(=O)[C@H](C)N)[C@@H](C)O)[C@@H](C)CC)C(=O)O. The van der Waals surface area contributed by atoms with E-state index < -0.39 is 163 Å². The minimum atomic E-state index is -1.78. The molecule has 0 spiro atoms. The number of hydrogen-bond acceptors (Lipinski definition) is 16. The quantitative estimate of drug-likeness (QED) is 0.0177. The van der Waals surface area contributed by atoms with Gasteiger partial charge in [-0.05, 0) is 56.9 Å². The van der Waals surface area contributed by atoms with Gasteiger partial charge in [-0.2, -0.15) is 0 Å². The Morgan fingerprint density at radius 2 is 1.13 bits per heavy atom. The van der Waals surface area contributed by atoms with Crippen molar-refractivity contribution in [2.45, 2.75) is 159 Å². The Hall–Kier alpha value is -7.50. The van der Waals surface area contributed by atoms with E-state index in [-0.39, 0.29) is 51.2 Å². The minimum absolute atomic E-state index is 0.0240. The molecule has 20 N–H and O–H groups in total. The minimum Gasteiger partial charge on any atom is -0.480 e. The van der Waals surface area contributed by atoms with Gasteiger partial charge in [0.1, 0.15) is 54.4 Å². The maximum absolute atomic E-state index is 14.7. The van der Waals surface area contributed by atoms with Crippen LogP contribution in [0.5, 0.6) is 0 Å². The van der Waals surface area contributed by atoms with E-state index in [1.807, 2.05) is 0 Å². The maximum Gasteiger partial charge on any atom is 0.326 e. The molecular weight excluding hydrogens is 1020 g/mol. The van der Waals surface area contributed by atoms with Gasteiger partial charge in [-0.25, -0.2) is 4.79 Å². The van der Waals surface area contributed by atoms with E-state index in [1.54, 1.807) is 58.0 Å². The van der Waals surface area contributed by atoms with Crippen molar-refractivity contribution in [2.75, 3.05) is 26.3 Å². The summed E-state index contributed by atoms with van der Waals surface area (Å²) in [6, 6.07) is -6.43. The van der Waals surface area contributed by atoms with E-state index in [1.165, 1.54) is 6.92 Å². The van der Waals surface area contributed by atoms with Gasteiger partial charge in [0.25, 0.3) is 0 Å². The number of carbonyl (C=O) groups is 11. The summed E-state index contributed by atoms with van der Waals surface area (Å²) in [5.74, 6) is -12.3. The van der Waals surface area contributed by atoms with E-state index >= 15 is 0 Å². The van der Waals surface area contributed by atoms with Gasteiger partial charge >= 0.3 is 5.97 Å². The van der Waals surface area contributed by atoms with Crippen LogP contribution in [0.25, 0.3) is 0 Å². The predicted octanol–water partition coefficient (Wildman–Crippen LogP) is -6.08. The molecule has 10 amide bonds. The molecule has 1 fully saturated rings. The third kappa shape index (κ3) is 21.1. The second kappa shape index (κ2) is 32.9. The highest BCUT2D eigenvalue weighted by Crippen LogP contribution is 2.21. The Kier molecular flexibility index (Phi) is 28.1. The largest absolute Gasteiger partial charge is 0.480 e. The Bertz CT molecular complexity index is 2270. The first kappa shape index (κ1) is 66.6. The van der Waals surface area contributed by atoms with Crippen LogP contribution in [0.1, 0.15) is 92.1 Å². The number of nitrogens with one attached hydrogen (secondary N) is 8. The van der Waals surface area contributed by atoms with Crippen LogP contribution in [0.2, 0.25) is 0 Å². The average Bonchev–Trinajstić information content (AvgIpc) is 3.89. The molecule has 0 bridgehead atoms. The summed E-state index contributed by atoms with van der Waals surface area (Å²) in [7, 11) is 0. The van der Waals surface area contributed by atoms with Crippen molar-refractivity contribution >= 4 is 71.0 Å². The first-order valence-electron chi connectivity index (χ1n) is 25.7. The third-order valence-corrected chi connectivity index (χ3v) is 13.0. The van der Waals surface area contributed by atoms with E-state index in [9.17, 15) is 73.2 Å². The zero-order valence-electron chi connectivity index (χ0n) is 44.9. The summed E-state index contributed by atoms with van der Waals surface area (Å²) in [4.78, 5) is 152. The van der Waals surface area contributed by atoms with Crippen molar-refractivity contribution in [3.05, 3.63) is 35.9 Å². The number of primary amides is 1. The van der Waals surface area contributed by atoms with Crippen LogP contribution in [0, 0.1) is 11.8 Å². The molecule has 29 heteroatoms. The van der Waals surface area contributed by atoms with Crippen LogP contribution in [0.15, 0.2) is 35.3 Å². The lowest BCUT2D eigenvalue weighted by Crippen LogP contribution is -2.62. The second-order valence-electron chi connectivity index (χ2n) is 19.3. The fourth-order valence-electron chi connectivity index (χ4n) is 8.04. The second-order valence-corrected chi connectivity index (χ2v) is 19.3. The number of carboxylic acid groups (broad SMARTS) is 1. The highest BCUT2D eigenvalue weighted by Gasteiger charge is 2.42. The molecule has 78 heavy (non-hydrogen) atoms. The summed E-state index contributed by atoms with van der Waals surface area (Å²) in [6.45, 7) is 7.10. The summed E-state index contributed by atoms with van der Waals surface area (Å²) in [5.41, 5.74) is 22.3. The van der Waals surface area contributed by atoms with Gasteiger partial charge in [-0.15, -0.1) is 0 Å². The van der Waals surface area contributed by atoms with Gasteiger partial charge in [0.2, 0.25) is 59.1 Å². The zero-order chi connectivity index (χ0) is 59.0. The lowest BCUT2D eigenvalue weighted by atomic mass is 9.95. The van der Waals surface area contributed by atoms with Crippen molar-refractivity contribution in [1.82, 2.24) is 47.4 Å². The molecule has 1 aliphatic heterocycles. The number of nitrogens with two attached hydrogens (primary N) is 4. The summed E-state index contributed by atoms with van der Waals surface area (Å²) < 4.78 is 0. The fraction of sp³-hybridized carbons (Fsp3) is 0.633. The summed E-state index contributed by atoms with van der Waals surface area (Å²) in [5, 5.41) is 60.1. The first-order chi connectivity index (χ1) is 36.7. The number of rotatable bonds is 33. The topological polar surface area (TPSA) is 485 Å². The molecule has 0 saturated carbocycles. The normalized spacial score (nSPS) is 17.7. The van der Waals surface area contributed by atoms with Gasteiger partial charge in [-0.1, -0.05) is 70.9 Å². The highest BCUT2D eigenvalue weighted by atomic mass is 16.4. The number of carboxylic acids is 1. The predicted molar refractivity (Wildman–Crippen MR) is 280 cm³/mol. The number of aliphatic carboxylic acids is 1. The zero-order valence-corrected chi connectivity index (χ0v) is 44.9. The molecule has 13 atom stereocenters. The van der Waals surface area contributed by atoms with Crippen LogP contribution in [0.4, 0.5) is 0 Å². The Labute approximate surface area is 451 Å². The molecule has 436 valence electrons. The molecule has 2 rings (SSSR count).